The maximum absolute atomic E-state index is 13.6. The molecule has 0 saturated carbocycles. The minimum absolute atomic E-state index is 0.136. The van der Waals surface area contributed by atoms with E-state index in [0.29, 0.717) is 46.5 Å². The van der Waals surface area contributed by atoms with E-state index in [-0.39, 0.29) is 11.9 Å². The molecule has 1 aliphatic heterocycles. The fraction of sp³-hybridized carbons (Fsp3) is 0.281. The Morgan fingerprint density at radius 3 is 2.59 bits per heavy atom. The van der Waals surface area contributed by atoms with Gasteiger partial charge >= 0.3 is 6.55 Å². The summed E-state index contributed by atoms with van der Waals surface area (Å²) in [6.07, 6.45) is 5.16. The van der Waals surface area contributed by atoms with Crippen molar-refractivity contribution in [2.24, 2.45) is 0 Å². The molecule has 1 fully saturated rings. The van der Waals surface area contributed by atoms with Crippen LogP contribution in [0.25, 0.3) is 39.4 Å². The molecule has 3 heterocycles. The van der Waals surface area contributed by atoms with Gasteiger partial charge in [0, 0.05) is 49.4 Å². The summed E-state index contributed by atoms with van der Waals surface area (Å²) in [7, 11) is 1.84. The number of aromatic nitrogens is 2. The van der Waals surface area contributed by atoms with Crippen LogP contribution in [-0.4, -0.2) is 64.6 Å². The third kappa shape index (κ3) is 5.13. The predicted molar refractivity (Wildman–Crippen MR) is 155 cm³/mol. The van der Waals surface area contributed by atoms with E-state index in [1.807, 2.05) is 68.6 Å². The van der Waals surface area contributed by atoms with Gasteiger partial charge in [-0.05, 0) is 60.4 Å². The first-order valence-corrected chi connectivity index (χ1v) is 13.7. The van der Waals surface area contributed by atoms with Crippen LogP contribution in [0, 0.1) is 0 Å². The number of allylic oxidation sites excluding steroid dienone is 1. The maximum atomic E-state index is 13.6. The standard InChI is InChI=1S/C32H30F2N4O3/c1-20-30(39)36(2)14-15-37(20)16-17-41-24-10-6-21(7-11-24)22-8-12-28-23(18-22)9-13-29(35-28)27-19-38(32(33)34)31(40)26-5-3-4-25(26)27/h3-4,6-13,18-20,32H,5,14-17H2,1-2H3/t20-/m1/s1. The van der Waals surface area contributed by atoms with Gasteiger partial charge in [-0.15, -0.1) is 0 Å². The minimum Gasteiger partial charge on any atom is -0.492 e. The molecular formula is C32H30F2N4O3. The summed E-state index contributed by atoms with van der Waals surface area (Å²) in [5, 5.41) is 0.914. The lowest BCUT2D eigenvalue weighted by molar-refractivity contribution is -0.139. The molecule has 0 unspecified atom stereocenters. The summed E-state index contributed by atoms with van der Waals surface area (Å²) in [6.45, 7) is 1.77. The van der Waals surface area contributed by atoms with Crippen LogP contribution in [-0.2, 0) is 11.2 Å². The molecule has 1 atom stereocenters. The highest BCUT2D eigenvalue weighted by atomic mass is 19.3. The molecule has 41 heavy (non-hydrogen) atoms. The molecule has 1 aliphatic carbocycles. The second-order valence-electron chi connectivity index (χ2n) is 10.5. The number of nitrogens with zero attached hydrogens (tertiary/aromatic N) is 4. The Hall–Kier alpha value is -4.37. The van der Waals surface area contributed by atoms with Crippen LogP contribution in [0.3, 0.4) is 0 Å². The molecule has 0 N–H and O–H groups in total. The van der Waals surface area contributed by atoms with Crippen LogP contribution in [0.4, 0.5) is 8.78 Å². The fourth-order valence-electron chi connectivity index (χ4n) is 5.57. The zero-order valence-corrected chi connectivity index (χ0v) is 22.9. The van der Waals surface area contributed by atoms with Gasteiger partial charge in [0.15, 0.2) is 0 Å². The van der Waals surface area contributed by atoms with Crippen LogP contribution >= 0.6 is 0 Å². The SMILES string of the molecule is C[C@@H]1C(=O)N(C)CCN1CCOc1ccc(-c2ccc3nc(-c4cn(C(F)F)c(=O)c5c4C=CC5)ccc3c2)cc1. The number of carbonyl (C=O) groups excluding carboxylic acids is 1. The molecule has 1 saturated heterocycles. The average Bonchev–Trinajstić information content (AvgIpc) is 3.48. The van der Waals surface area contributed by atoms with Gasteiger partial charge in [0.2, 0.25) is 5.91 Å². The number of halogens is 2. The Kier molecular flexibility index (Phi) is 7.13. The number of fused-ring (bicyclic) bond motifs is 2. The number of hydrogen-bond acceptors (Lipinski definition) is 5. The van der Waals surface area contributed by atoms with Crippen molar-refractivity contribution in [1.82, 2.24) is 19.4 Å². The Labute approximate surface area is 236 Å². The summed E-state index contributed by atoms with van der Waals surface area (Å²) in [4.78, 5) is 33.3. The van der Waals surface area contributed by atoms with Gasteiger partial charge in [0.1, 0.15) is 12.4 Å². The number of likely N-dealkylation sites (N-methyl/N-ethyl adjacent to an activating group) is 1. The second kappa shape index (κ2) is 10.9. The molecule has 2 aromatic carbocycles. The van der Waals surface area contributed by atoms with Gasteiger partial charge in [-0.2, -0.15) is 8.78 Å². The summed E-state index contributed by atoms with van der Waals surface area (Å²) in [6, 6.07) is 17.4. The van der Waals surface area contributed by atoms with Crippen molar-refractivity contribution in [3.05, 3.63) is 88.4 Å². The average molecular weight is 557 g/mol. The lowest BCUT2D eigenvalue weighted by Gasteiger charge is -2.37. The van der Waals surface area contributed by atoms with Gasteiger partial charge in [-0.25, -0.2) is 4.98 Å². The van der Waals surface area contributed by atoms with Gasteiger partial charge in [0.05, 0.1) is 17.3 Å². The lowest BCUT2D eigenvalue weighted by atomic mass is 10.0. The number of hydrogen-bond donors (Lipinski definition) is 0. The molecule has 6 rings (SSSR count). The van der Waals surface area contributed by atoms with Crippen molar-refractivity contribution in [1.29, 1.82) is 0 Å². The zero-order valence-electron chi connectivity index (χ0n) is 22.9. The van der Waals surface area contributed by atoms with Crippen LogP contribution in [0.1, 0.15) is 24.6 Å². The van der Waals surface area contributed by atoms with E-state index in [1.54, 1.807) is 17.0 Å². The monoisotopic (exact) mass is 556 g/mol. The van der Waals surface area contributed by atoms with Crippen LogP contribution in [0.5, 0.6) is 5.75 Å². The van der Waals surface area contributed by atoms with Crippen molar-refractivity contribution in [2.75, 3.05) is 33.3 Å². The topological polar surface area (TPSA) is 67.7 Å². The predicted octanol–water partition coefficient (Wildman–Crippen LogP) is 5.24. The first-order valence-electron chi connectivity index (χ1n) is 13.7. The lowest BCUT2D eigenvalue weighted by Crippen LogP contribution is -2.55. The molecule has 2 aliphatic rings. The Balaban J connectivity index is 1.17. The largest absolute Gasteiger partial charge is 0.492 e. The van der Waals surface area contributed by atoms with Crippen molar-refractivity contribution in [3.8, 4) is 28.1 Å². The zero-order chi connectivity index (χ0) is 28.7. The molecule has 0 radical (unpaired) electrons. The smallest absolute Gasteiger partial charge is 0.321 e. The summed E-state index contributed by atoms with van der Waals surface area (Å²) >= 11 is 0. The first-order chi connectivity index (χ1) is 19.8. The van der Waals surface area contributed by atoms with Gasteiger partial charge < -0.3 is 9.64 Å². The van der Waals surface area contributed by atoms with Crippen LogP contribution in [0.15, 0.2) is 71.7 Å². The third-order valence-corrected chi connectivity index (χ3v) is 8.00. The molecule has 4 aromatic rings. The number of carbonyl (C=O) groups is 1. The highest BCUT2D eigenvalue weighted by Gasteiger charge is 2.29. The maximum Gasteiger partial charge on any atom is 0.321 e. The highest BCUT2D eigenvalue weighted by molar-refractivity contribution is 5.88. The summed E-state index contributed by atoms with van der Waals surface area (Å²) < 4.78 is 33.5. The van der Waals surface area contributed by atoms with Crippen LogP contribution in [0.2, 0.25) is 0 Å². The summed E-state index contributed by atoms with van der Waals surface area (Å²) in [5.74, 6) is 0.904. The Morgan fingerprint density at radius 1 is 1.02 bits per heavy atom. The Morgan fingerprint density at radius 2 is 1.80 bits per heavy atom. The van der Waals surface area contributed by atoms with E-state index in [4.69, 9.17) is 9.72 Å². The number of ether oxygens (including phenoxy) is 1. The second-order valence-corrected chi connectivity index (χ2v) is 10.5. The van der Waals surface area contributed by atoms with Crippen molar-refractivity contribution in [3.63, 3.8) is 0 Å². The first kappa shape index (κ1) is 26.8. The van der Waals surface area contributed by atoms with Crippen molar-refractivity contribution in [2.45, 2.75) is 25.9 Å². The molecule has 7 nitrogen and oxygen atoms in total. The van der Waals surface area contributed by atoms with Gasteiger partial charge in [0.25, 0.3) is 5.56 Å². The third-order valence-electron chi connectivity index (χ3n) is 8.00. The molecule has 1 amide bonds. The number of rotatable bonds is 7. The molecule has 9 heteroatoms. The molecular weight excluding hydrogens is 526 g/mol. The minimum atomic E-state index is -2.92. The number of alkyl halides is 2. The number of piperazine rings is 1. The van der Waals surface area contributed by atoms with Gasteiger partial charge in [-0.3, -0.25) is 19.1 Å². The van der Waals surface area contributed by atoms with Crippen molar-refractivity contribution >= 4 is 22.9 Å². The van der Waals surface area contributed by atoms with Crippen LogP contribution < -0.4 is 10.3 Å². The van der Waals surface area contributed by atoms with E-state index in [1.165, 1.54) is 6.20 Å². The van der Waals surface area contributed by atoms with E-state index >= 15 is 0 Å². The molecule has 2 aromatic heterocycles. The highest BCUT2D eigenvalue weighted by Crippen LogP contribution is 2.32. The molecule has 210 valence electrons. The van der Waals surface area contributed by atoms with Crippen molar-refractivity contribution < 1.29 is 18.3 Å². The Bertz CT molecular complexity index is 1720. The quantitative estimate of drug-likeness (QED) is 0.312. The summed E-state index contributed by atoms with van der Waals surface area (Å²) in [5.41, 5.74) is 4.19. The molecule has 0 bridgehead atoms. The number of benzene rings is 2. The van der Waals surface area contributed by atoms with Gasteiger partial charge in [-0.1, -0.05) is 36.4 Å². The van der Waals surface area contributed by atoms with E-state index < -0.39 is 12.1 Å². The van der Waals surface area contributed by atoms with E-state index in [0.717, 1.165) is 40.9 Å². The van der Waals surface area contributed by atoms with E-state index in [2.05, 4.69) is 4.90 Å². The number of pyridine rings is 2. The normalized spacial score (nSPS) is 17.0. The fourth-order valence-corrected chi connectivity index (χ4v) is 5.57. The van der Waals surface area contributed by atoms with E-state index in [9.17, 15) is 18.4 Å². The number of amides is 1. The molecule has 0 spiro atoms.